The summed E-state index contributed by atoms with van der Waals surface area (Å²) in [4.78, 5) is 0. The summed E-state index contributed by atoms with van der Waals surface area (Å²) < 4.78 is 0. The number of hydrogen-bond donors (Lipinski definition) is 2. The first-order chi connectivity index (χ1) is 8.00. The second kappa shape index (κ2) is 7.38. The molecule has 102 valence electrons. The maximum atomic E-state index is 3.62. The lowest BCUT2D eigenvalue weighted by molar-refractivity contribution is 0.251. The van der Waals surface area contributed by atoms with Crippen molar-refractivity contribution in [3.8, 4) is 0 Å². The first-order valence-corrected chi connectivity index (χ1v) is 7.41. The summed E-state index contributed by atoms with van der Waals surface area (Å²) in [5.41, 5.74) is 0.433. The van der Waals surface area contributed by atoms with Crippen molar-refractivity contribution in [3.05, 3.63) is 0 Å². The molecule has 1 rings (SSSR count). The molecule has 0 saturated carbocycles. The predicted octanol–water partition coefficient (Wildman–Crippen LogP) is 3.04. The number of nitrogens with one attached hydrogen (secondary N) is 2. The maximum Gasteiger partial charge on any atom is -0.00182 e. The van der Waals surface area contributed by atoms with Crippen LogP contribution in [0.15, 0.2) is 0 Å². The van der Waals surface area contributed by atoms with Gasteiger partial charge < -0.3 is 10.6 Å². The lowest BCUT2D eigenvalue weighted by Crippen LogP contribution is -2.31. The van der Waals surface area contributed by atoms with E-state index >= 15 is 0 Å². The molecule has 0 radical (unpaired) electrons. The molecule has 0 aromatic heterocycles. The molecule has 1 saturated heterocycles. The topological polar surface area (TPSA) is 24.1 Å². The Balaban J connectivity index is 1.97. The maximum absolute atomic E-state index is 3.62. The van der Waals surface area contributed by atoms with Crippen LogP contribution >= 0.6 is 0 Å². The van der Waals surface area contributed by atoms with E-state index in [0.717, 1.165) is 18.4 Å². The van der Waals surface area contributed by atoms with Crippen molar-refractivity contribution in [1.29, 1.82) is 0 Å². The summed E-state index contributed by atoms with van der Waals surface area (Å²) in [5, 5.41) is 7.05. The molecule has 1 heterocycles. The van der Waals surface area contributed by atoms with E-state index in [1.165, 1.54) is 45.3 Å². The van der Waals surface area contributed by atoms with Gasteiger partial charge in [-0.05, 0) is 69.1 Å². The van der Waals surface area contributed by atoms with Crippen molar-refractivity contribution in [2.45, 2.75) is 53.4 Å². The van der Waals surface area contributed by atoms with E-state index in [0.29, 0.717) is 5.41 Å². The van der Waals surface area contributed by atoms with Crippen LogP contribution in [0.4, 0.5) is 0 Å². The zero-order chi connectivity index (χ0) is 12.7. The van der Waals surface area contributed by atoms with E-state index < -0.39 is 0 Å². The third-order valence-corrected chi connectivity index (χ3v) is 4.35. The van der Waals surface area contributed by atoms with E-state index in [4.69, 9.17) is 0 Å². The third kappa shape index (κ3) is 6.42. The van der Waals surface area contributed by atoms with Crippen LogP contribution in [0.25, 0.3) is 0 Å². The van der Waals surface area contributed by atoms with Gasteiger partial charge in [-0.1, -0.05) is 27.7 Å². The first-order valence-electron chi connectivity index (χ1n) is 7.41. The summed E-state index contributed by atoms with van der Waals surface area (Å²) in [6, 6.07) is 0. The Bertz CT molecular complexity index is 190. The summed E-state index contributed by atoms with van der Waals surface area (Å²) in [6.07, 6.45) is 5.54. The van der Waals surface area contributed by atoms with Crippen molar-refractivity contribution in [1.82, 2.24) is 10.6 Å². The Morgan fingerprint density at radius 3 is 2.47 bits per heavy atom. The first kappa shape index (κ1) is 15.0. The van der Waals surface area contributed by atoms with Crippen LogP contribution in [0.3, 0.4) is 0 Å². The molecule has 17 heavy (non-hydrogen) atoms. The molecule has 1 aliphatic heterocycles. The highest BCUT2D eigenvalue weighted by molar-refractivity contribution is 4.72. The molecule has 0 aliphatic carbocycles. The molecule has 0 aromatic rings. The second-order valence-corrected chi connectivity index (χ2v) is 6.81. The molecule has 0 bridgehead atoms. The number of rotatable bonds is 6. The van der Waals surface area contributed by atoms with Gasteiger partial charge in [0.05, 0.1) is 0 Å². The van der Waals surface area contributed by atoms with Crippen molar-refractivity contribution in [3.63, 3.8) is 0 Å². The molecule has 2 nitrogen and oxygen atoms in total. The number of hydrogen-bond acceptors (Lipinski definition) is 2. The minimum absolute atomic E-state index is 0.433. The molecule has 2 N–H and O–H groups in total. The Morgan fingerprint density at radius 1 is 1.24 bits per heavy atom. The minimum Gasteiger partial charge on any atom is -0.317 e. The third-order valence-electron chi connectivity index (χ3n) is 4.35. The fraction of sp³-hybridized carbons (Fsp3) is 1.00. The largest absolute Gasteiger partial charge is 0.317 e. The van der Waals surface area contributed by atoms with Gasteiger partial charge in [0, 0.05) is 0 Å². The van der Waals surface area contributed by atoms with Crippen molar-refractivity contribution in [2.24, 2.45) is 17.3 Å². The lowest BCUT2D eigenvalue weighted by atomic mass is 9.82. The lowest BCUT2D eigenvalue weighted by Gasteiger charge is -2.27. The zero-order valence-electron chi connectivity index (χ0n) is 12.3. The van der Waals surface area contributed by atoms with Crippen molar-refractivity contribution >= 4 is 0 Å². The molecule has 0 aromatic carbocycles. The summed E-state index contributed by atoms with van der Waals surface area (Å²) in [5.74, 6) is 1.74. The Hall–Kier alpha value is -0.0800. The van der Waals surface area contributed by atoms with Crippen LogP contribution in [0.5, 0.6) is 0 Å². The molecular formula is C15H32N2. The van der Waals surface area contributed by atoms with Crippen LogP contribution in [0, 0.1) is 17.3 Å². The van der Waals surface area contributed by atoms with Gasteiger partial charge in [-0.2, -0.15) is 0 Å². The van der Waals surface area contributed by atoms with Crippen LogP contribution in [0.1, 0.15) is 53.4 Å². The van der Waals surface area contributed by atoms with Gasteiger partial charge in [0.25, 0.3) is 0 Å². The van der Waals surface area contributed by atoms with Crippen LogP contribution in [-0.2, 0) is 0 Å². The molecular weight excluding hydrogens is 208 g/mol. The average molecular weight is 240 g/mol. The SMILES string of the molecule is CC(CNCCCC1CCNCC1)C(C)(C)C. The highest BCUT2D eigenvalue weighted by atomic mass is 14.9. The van der Waals surface area contributed by atoms with Crippen LogP contribution in [-0.4, -0.2) is 26.2 Å². The standard InChI is InChI=1S/C15H32N2/c1-13(15(2,3)4)12-17-9-5-6-14-7-10-16-11-8-14/h13-14,16-17H,5-12H2,1-4H3. The predicted molar refractivity (Wildman–Crippen MR) is 76.3 cm³/mol. The molecule has 1 aliphatic rings. The van der Waals surface area contributed by atoms with Crippen LogP contribution < -0.4 is 10.6 Å². The zero-order valence-corrected chi connectivity index (χ0v) is 12.3. The van der Waals surface area contributed by atoms with Crippen LogP contribution in [0.2, 0.25) is 0 Å². The Kier molecular flexibility index (Phi) is 6.50. The van der Waals surface area contributed by atoms with E-state index in [9.17, 15) is 0 Å². The highest BCUT2D eigenvalue weighted by Crippen LogP contribution is 2.24. The quantitative estimate of drug-likeness (QED) is 0.697. The molecule has 0 spiro atoms. The fourth-order valence-electron chi connectivity index (χ4n) is 2.31. The van der Waals surface area contributed by atoms with Gasteiger partial charge in [-0.25, -0.2) is 0 Å². The average Bonchev–Trinajstić information content (AvgIpc) is 2.28. The molecule has 1 unspecified atom stereocenters. The van der Waals surface area contributed by atoms with Gasteiger partial charge in [0.15, 0.2) is 0 Å². The highest BCUT2D eigenvalue weighted by Gasteiger charge is 2.19. The Labute approximate surface area is 108 Å². The summed E-state index contributed by atoms with van der Waals surface area (Å²) >= 11 is 0. The fourth-order valence-corrected chi connectivity index (χ4v) is 2.31. The van der Waals surface area contributed by atoms with E-state index in [1.54, 1.807) is 0 Å². The molecule has 0 amide bonds. The van der Waals surface area contributed by atoms with Gasteiger partial charge in [0.2, 0.25) is 0 Å². The smallest absolute Gasteiger partial charge is 0.00182 e. The summed E-state index contributed by atoms with van der Waals surface area (Å²) in [6.45, 7) is 14.2. The minimum atomic E-state index is 0.433. The summed E-state index contributed by atoms with van der Waals surface area (Å²) in [7, 11) is 0. The normalized spacial score (nSPS) is 20.5. The van der Waals surface area contributed by atoms with E-state index in [2.05, 4.69) is 38.3 Å². The van der Waals surface area contributed by atoms with Crippen molar-refractivity contribution < 1.29 is 0 Å². The van der Waals surface area contributed by atoms with Gasteiger partial charge in [-0.3, -0.25) is 0 Å². The monoisotopic (exact) mass is 240 g/mol. The van der Waals surface area contributed by atoms with Gasteiger partial charge >= 0.3 is 0 Å². The van der Waals surface area contributed by atoms with Gasteiger partial charge in [-0.15, -0.1) is 0 Å². The van der Waals surface area contributed by atoms with Crippen molar-refractivity contribution in [2.75, 3.05) is 26.2 Å². The Morgan fingerprint density at radius 2 is 1.88 bits per heavy atom. The molecule has 1 atom stereocenters. The number of piperidine rings is 1. The second-order valence-electron chi connectivity index (χ2n) is 6.81. The molecule has 1 fully saturated rings. The molecule has 2 heteroatoms. The van der Waals surface area contributed by atoms with E-state index in [-0.39, 0.29) is 0 Å². The van der Waals surface area contributed by atoms with Gasteiger partial charge in [0.1, 0.15) is 0 Å². The van der Waals surface area contributed by atoms with E-state index in [1.807, 2.05) is 0 Å².